The first-order chi connectivity index (χ1) is 21.9. The lowest BCUT2D eigenvalue weighted by molar-refractivity contribution is 0.142. The molecule has 45 heavy (non-hydrogen) atoms. The summed E-state index contributed by atoms with van der Waals surface area (Å²) in [5.41, 5.74) is 9.12. The van der Waals surface area contributed by atoms with E-state index in [2.05, 4.69) is 146 Å². The molecule has 7 aromatic rings. The van der Waals surface area contributed by atoms with E-state index in [1.54, 1.807) is 0 Å². The smallest absolute Gasteiger partial charge is 0.138 e. The van der Waals surface area contributed by atoms with E-state index in [-0.39, 0.29) is 0 Å². The molecule has 5 aromatic carbocycles. The van der Waals surface area contributed by atoms with Crippen LogP contribution < -0.4 is 20.5 Å². The molecule has 0 saturated carbocycles. The molecule has 1 aliphatic rings. The van der Waals surface area contributed by atoms with Crippen LogP contribution in [-0.2, 0) is 4.94 Å². The number of para-hydroxylation sites is 3. The average molecular weight is 603 g/mol. The van der Waals surface area contributed by atoms with Gasteiger partial charge in [-0.1, -0.05) is 102 Å². The van der Waals surface area contributed by atoms with Crippen LogP contribution in [0.1, 0.15) is 5.56 Å². The van der Waals surface area contributed by atoms with Gasteiger partial charge < -0.3 is 0 Å². The van der Waals surface area contributed by atoms with Gasteiger partial charge in [0.15, 0.2) is 0 Å². The Bertz CT molecular complexity index is 2240. The van der Waals surface area contributed by atoms with E-state index >= 15 is 0 Å². The molecule has 0 atom stereocenters. The van der Waals surface area contributed by atoms with Gasteiger partial charge in [-0.3, -0.25) is 4.57 Å². The summed E-state index contributed by atoms with van der Waals surface area (Å²) in [5.74, 6) is 0.926. The molecule has 0 saturated heterocycles. The van der Waals surface area contributed by atoms with Crippen LogP contribution in [0, 0.1) is 6.92 Å². The highest BCUT2D eigenvalue weighted by atomic mass is 28.3. The first-order valence-corrected chi connectivity index (χ1v) is 18.4. The lowest BCUT2D eigenvalue weighted by Gasteiger charge is -2.26. The largest absolute Gasteiger partial charge is 0.294 e. The maximum absolute atomic E-state index is 6.17. The van der Waals surface area contributed by atoms with Gasteiger partial charge in [0.05, 0.1) is 28.1 Å². The lowest BCUT2D eigenvalue weighted by Crippen LogP contribution is -2.52. The number of hydrogen-bond donors (Lipinski definition) is 0. The van der Waals surface area contributed by atoms with Gasteiger partial charge in [0.2, 0.25) is 0 Å². The standard InChI is InChI=1S/C39H34N4OSi/c1-27-12-5-6-15-32(27)28-22-23-40-39(24-28)42-35-17-8-7-16-33(35)34-21-20-31(26-38(34)42)45(3,4)30-14-11-13-29(25-30)43-37-19-10-9-18-36(37)41(2)44-43/h5-26H,1-4H3. The Kier molecular flexibility index (Phi) is 6.37. The van der Waals surface area contributed by atoms with Crippen LogP contribution in [-0.4, -0.2) is 24.7 Å². The van der Waals surface area contributed by atoms with Crippen molar-refractivity contribution >= 4 is 57.3 Å². The van der Waals surface area contributed by atoms with Gasteiger partial charge in [-0.05, 0) is 72.1 Å². The quantitative estimate of drug-likeness (QED) is 0.185. The van der Waals surface area contributed by atoms with Gasteiger partial charge in [0.1, 0.15) is 13.9 Å². The molecule has 0 aliphatic carbocycles. The molecule has 0 fully saturated rings. The van der Waals surface area contributed by atoms with Crippen LogP contribution in [0.15, 0.2) is 134 Å². The molecule has 6 heteroatoms. The number of nitrogens with zero attached hydrogens (tertiary/aromatic N) is 4. The minimum absolute atomic E-state index is 0.926. The van der Waals surface area contributed by atoms with Crippen molar-refractivity contribution in [1.82, 2.24) is 9.55 Å². The Morgan fingerprint density at radius 3 is 2.24 bits per heavy atom. The predicted octanol–water partition coefficient (Wildman–Crippen LogP) is 8.41. The Morgan fingerprint density at radius 1 is 0.644 bits per heavy atom. The van der Waals surface area contributed by atoms with Crippen molar-refractivity contribution in [2.45, 2.75) is 20.0 Å². The van der Waals surface area contributed by atoms with Crippen molar-refractivity contribution in [2.24, 2.45) is 0 Å². The maximum Gasteiger partial charge on any atom is 0.138 e. The molecule has 0 amide bonds. The van der Waals surface area contributed by atoms with Crippen LogP contribution >= 0.6 is 0 Å². The molecule has 3 heterocycles. The molecule has 220 valence electrons. The number of fused-ring (bicyclic) bond motifs is 4. The number of hydrogen-bond acceptors (Lipinski definition) is 4. The number of anilines is 3. The number of hydroxylamine groups is 1. The highest BCUT2D eigenvalue weighted by molar-refractivity contribution is 7.00. The molecule has 0 unspecified atom stereocenters. The first kappa shape index (κ1) is 27.4. The summed E-state index contributed by atoms with van der Waals surface area (Å²) in [7, 11) is -0.191. The fourth-order valence-corrected chi connectivity index (χ4v) is 9.05. The fraction of sp³-hybridized carbons (Fsp3) is 0.103. The van der Waals surface area contributed by atoms with Crippen molar-refractivity contribution in [3.05, 3.63) is 139 Å². The number of aryl methyl sites for hydroxylation is 1. The summed E-state index contributed by atoms with van der Waals surface area (Å²) in [6, 6.07) is 45.7. The predicted molar refractivity (Wildman–Crippen MR) is 190 cm³/mol. The summed E-state index contributed by atoms with van der Waals surface area (Å²) in [4.78, 5) is 11.1. The van der Waals surface area contributed by atoms with Gasteiger partial charge in [-0.25, -0.2) is 10.0 Å². The molecule has 1 aliphatic heterocycles. The van der Waals surface area contributed by atoms with Gasteiger partial charge >= 0.3 is 0 Å². The Balaban J connectivity index is 1.25. The molecule has 0 N–H and O–H groups in total. The van der Waals surface area contributed by atoms with E-state index in [0.29, 0.717) is 0 Å². The molecule has 0 radical (unpaired) electrons. The zero-order valence-electron chi connectivity index (χ0n) is 25.9. The lowest BCUT2D eigenvalue weighted by atomic mass is 10.0. The molecule has 0 spiro atoms. The summed E-state index contributed by atoms with van der Waals surface area (Å²) in [6.07, 6.45) is 1.93. The average Bonchev–Trinajstić information content (AvgIpc) is 3.59. The monoisotopic (exact) mass is 602 g/mol. The topological polar surface area (TPSA) is 33.5 Å². The third-order valence-corrected chi connectivity index (χ3v) is 12.8. The van der Waals surface area contributed by atoms with Gasteiger partial charge in [0.25, 0.3) is 0 Å². The SMILES string of the molecule is Cc1ccccc1-c1ccnc(-n2c3ccccc3c3ccc([Si](C)(C)c4cccc(N5ON(C)c6ccccc65)c4)cc32)c1. The van der Waals surface area contributed by atoms with Crippen molar-refractivity contribution in [2.75, 3.05) is 17.2 Å². The van der Waals surface area contributed by atoms with Gasteiger partial charge in [0, 0.05) is 24.0 Å². The fourth-order valence-electron chi connectivity index (χ4n) is 6.70. The summed E-state index contributed by atoms with van der Waals surface area (Å²) >= 11 is 0. The zero-order valence-corrected chi connectivity index (χ0v) is 26.9. The van der Waals surface area contributed by atoms with Crippen molar-refractivity contribution in [1.29, 1.82) is 0 Å². The van der Waals surface area contributed by atoms with Gasteiger partial charge in [-0.2, -0.15) is 5.06 Å². The zero-order chi connectivity index (χ0) is 30.7. The van der Waals surface area contributed by atoms with Crippen LogP contribution in [0.4, 0.5) is 17.1 Å². The number of aromatic nitrogens is 2. The number of pyridine rings is 1. The third kappa shape index (κ3) is 4.45. The van der Waals surface area contributed by atoms with Crippen LogP contribution in [0.25, 0.3) is 38.8 Å². The Morgan fingerprint density at radius 2 is 1.38 bits per heavy atom. The molecule has 8 rings (SSSR count). The molecule has 2 aromatic heterocycles. The second-order valence-electron chi connectivity index (χ2n) is 12.3. The van der Waals surface area contributed by atoms with E-state index in [9.17, 15) is 0 Å². The van der Waals surface area contributed by atoms with E-state index in [1.807, 2.05) is 29.4 Å². The first-order valence-electron chi connectivity index (χ1n) is 15.4. The van der Waals surface area contributed by atoms with Crippen molar-refractivity contribution in [3.8, 4) is 16.9 Å². The van der Waals surface area contributed by atoms with E-state index < -0.39 is 8.07 Å². The normalized spacial score (nSPS) is 13.2. The van der Waals surface area contributed by atoms with Crippen molar-refractivity contribution < 1.29 is 4.94 Å². The highest BCUT2D eigenvalue weighted by Gasteiger charge is 2.30. The number of benzene rings is 5. The van der Waals surface area contributed by atoms with E-state index in [0.717, 1.165) is 28.4 Å². The number of rotatable bonds is 5. The van der Waals surface area contributed by atoms with Crippen LogP contribution in [0.2, 0.25) is 13.1 Å². The summed E-state index contributed by atoms with van der Waals surface area (Å²) in [5, 5.41) is 8.93. The molecular weight excluding hydrogens is 569 g/mol. The molecule has 0 bridgehead atoms. The van der Waals surface area contributed by atoms with E-state index in [4.69, 9.17) is 9.92 Å². The highest BCUT2D eigenvalue weighted by Crippen LogP contribution is 2.40. The maximum atomic E-state index is 6.17. The Labute approximate surface area is 264 Å². The van der Waals surface area contributed by atoms with Gasteiger partial charge in [-0.15, -0.1) is 4.94 Å². The second-order valence-corrected chi connectivity index (χ2v) is 16.7. The minimum Gasteiger partial charge on any atom is -0.294 e. The minimum atomic E-state index is -2.14. The summed E-state index contributed by atoms with van der Waals surface area (Å²) in [6.45, 7) is 7.03. The third-order valence-electron chi connectivity index (χ3n) is 9.27. The van der Waals surface area contributed by atoms with E-state index in [1.165, 1.54) is 43.4 Å². The van der Waals surface area contributed by atoms with Crippen molar-refractivity contribution in [3.63, 3.8) is 0 Å². The molecular formula is C39H34N4OSi. The Hall–Kier alpha value is -5.17. The van der Waals surface area contributed by atoms with Crippen LogP contribution in [0.5, 0.6) is 0 Å². The van der Waals surface area contributed by atoms with Crippen LogP contribution in [0.3, 0.4) is 0 Å². The summed E-state index contributed by atoms with van der Waals surface area (Å²) < 4.78 is 2.34. The second kappa shape index (κ2) is 10.5. The molecule has 5 nitrogen and oxygen atoms in total.